The maximum Gasteiger partial charge on any atom is 0.109 e. The van der Waals surface area contributed by atoms with Crippen LogP contribution in [0.25, 0.3) is 0 Å². The SMILES string of the molecule is Cc1nc(CC(C)C)n(C)c1CCO. The molecule has 14 heavy (non-hydrogen) atoms. The molecule has 1 heterocycles. The minimum absolute atomic E-state index is 0.196. The molecule has 0 atom stereocenters. The number of nitrogens with zero attached hydrogens (tertiary/aromatic N) is 2. The Kier molecular flexibility index (Phi) is 3.69. The number of aliphatic hydroxyl groups excluding tert-OH is 1. The fourth-order valence-electron chi connectivity index (χ4n) is 1.73. The summed E-state index contributed by atoms with van der Waals surface area (Å²) >= 11 is 0. The Balaban J connectivity index is 2.92. The van der Waals surface area contributed by atoms with Crippen LogP contribution in [0.4, 0.5) is 0 Å². The van der Waals surface area contributed by atoms with Gasteiger partial charge in [0.05, 0.1) is 5.69 Å². The first-order chi connectivity index (χ1) is 6.56. The molecule has 1 rings (SSSR count). The molecule has 0 aromatic carbocycles. The van der Waals surface area contributed by atoms with E-state index in [-0.39, 0.29) is 6.61 Å². The summed E-state index contributed by atoms with van der Waals surface area (Å²) in [6.07, 6.45) is 1.70. The van der Waals surface area contributed by atoms with E-state index in [1.54, 1.807) is 0 Å². The fraction of sp³-hybridized carbons (Fsp3) is 0.727. The average Bonchev–Trinajstić information content (AvgIpc) is 2.32. The first-order valence-corrected chi connectivity index (χ1v) is 5.18. The lowest BCUT2D eigenvalue weighted by atomic mass is 10.1. The van der Waals surface area contributed by atoms with E-state index in [9.17, 15) is 0 Å². The molecule has 0 radical (unpaired) electrons. The van der Waals surface area contributed by atoms with Gasteiger partial charge in [0.1, 0.15) is 5.82 Å². The van der Waals surface area contributed by atoms with Crippen LogP contribution in [0.2, 0.25) is 0 Å². The van der Waals surface area contributed by atoms with Gasteiger partial charge >= 0.3 is 0 Å². The van der Waals surface area contributed by atoms with E-state index < -0.39 is 0 Å². The summed E-state index contributed by atoms with van der Waals surface area (Å²) in [5, 5.41) is 8.92. The zero-order chi connectivity index (χ0) is 10.7. The first kappa shape index (κ1) is 11.2. The van der Waals surface area contributed by atoms with Crippen molar-refractivity contribution in [3.63, 3.8) is 0 Å². The van der Waals surface area contributed by atoms with Crippen molar-refractivity contribution in [1.29, 1.82) is 0 Å². The second-order valence-electron chi connectivity index (χ2n) is 4.19. The van der Waals surface area contributed by atoms with Crippen LogP contribution in [0.15, 0.2) is 0 Å². The van der Waals surface area contributed by atoms with Crippen LogP contribution in [0.5, 0.6) is 0 Å². The van der Waals surface area contributed by atoms with Gasteiger partial charge in [0.25, 0.3) is 0 Å². The molecule has 0 spiro atoms. The van der Waals surface area contributed by atoms with Gasteiger partial charge in [0.15, 0.2) is 0 Å². The number of rotatable bonds is 4. The molecule has 1 aromatic rings. The highest BCUT2D eigenvalue weighted by Gasteiger charge is 2.11. The van der Waals surface area contributed by atoms with Gasteiger partial charge in [0.2, 0.25) is 0 Å². The van der Waals surface area contributed by atoms with Crippen LogP contribution in [0.3, 0.4) is 0 Å². The summed E-state index contributed by atoms with van der Waals surface area (Å²) in [4.78, 5) is 4.52. The topological polar surface area (TPSA) is 38.0 Å². The molecular weight excluding hydrogens is 176 g/mol. The third kappa shape index (κ3) is 2.35. The standard InChI is InChI=1S/C11H20N2O/c1-8(2)7-11-12-9(3)10(5-6-14)13(11)4/h8,14H,5-7H2,1-4H3. The zero-order valence-electron chi connectivity index (χ0n) is 9.54. The molecule has 0 unspecified atom stereocenters. The highest BCUT2D eigenvalue weighted by atomic mass is 16.3. The van der Waals surface area contributed by atoms with Gasteiger partial charge in [-0.2, -0.15) is 0 Å². The lowest BCUT2D eigenvalue weighted by Gasteiger charge is -2.06. The van der Waals surface area contributed by atoms with Gasteiger partial charge in [-0.05, 0) is 12.8 Å². The Morgan fingerprint density at radius 1 is 1.43 bits per heavy atom. The molecular formula is C11H20N2O. The molecule has 0 saturated heterocycles. The fourth-order valence-corrected chi connectivity index (χ4v) is 1.73. The van der Waals surface area contributed by atoms with E-state index in [1.165, 1.54) is 0 Å². The molecule has 0 bridgehead atoms. The molecule has 3 nitrogen and oxygen atoms in total. The van der Waals surface area contributed by atoms with E-state index in [4.69, 9.17) is 5.11 Å². The summed E-state index contributed by atoms with van der Waals surface area (Å²) < 4.78 is 2.12. The number of imidazole rings is 1. The number of aryl methyl sites for hydroxylation is 1. The Morgan fingerprint density at radius 3 is 2.57 bits per heavy atom. The Labute approximate surface area is 85.8 Å². The van der Waals surface area contributed by atoms with Crippen molar-refractivity contribution in [2.75, 3.05) is 6.61 Å². The van der Waals surface area contributed by atoms with Crippen LogP contribution in [0.1, 0.15) is 31.1 Å². The van der Waals surface area contributed by atoms with E-state index in [0.717, 1.165) is 23.6 Å². The van der Waals surface area contributed by atoms with E-state index in [2.05, 4.69) is 23.4 Å². The average molecular weight is 196 g/mol. The van der Waals surface area contributed by atoms with Gasteiger partial charge in [-0.25, -0.2) is 4.98 Å². The highest BCUT2D eigenvalue weighted by Crippen LogP contribution is 2.13. The van der Waals surface area contributed by atoms with Crippen molar-refractivity contribution in [2.45, 2.75) is 33.6 Å². The van der Waals surface area contributed by atoms with Crippen molar-refractivity contribution in [2.24, 2.45) is 13.0 Å². The van der Waals surface area contributed by atoms with Gasteiger partial charge in [-0.1, -0.05) is 13.8 Å². The van der Waals surface area contributed by atoms with E-state index >= 15 is 0 Å². The lowest BCUT2D eigenvalue weighted by Crippen LogP contribution is -2.06. The van der Waals surface area contributed by atoms with Crippen LogP contribution >= 0.6 is 0 Å². The molecule has 0 amide bonds. The van der Waals surface area contributed by atoms with Crippen LogP contribution in [-0.2, 0) is 19.9 Å². The highest BCUT2D eigenvalue weighted by molar-refractivity contribution is 5.16. The second-order valence-corrected chi connectivity index (χ2v) is 4.19. The monoisotopic (exact) mass is 196 g/mol. The molecule has 0 aliphatic rings. The quantitative estimate of drug-likeness (QED) is 0.791. The van der Waals surface area contributed by atoms with Crippen molar-refractivity contribution in [3.8, 4) is 0 Å². The summed E-state index contributed by atoms with van der Waals surface area (Å²) in [6, 6.07) is 0. The summed E-state index contributed by atoms with van der Waals surface area (Å²) in [5.74, 6) is 1.75. The van der Waals surface area contributed by atoms with E-state index in [0.29, 0.717) is 12.3 Å². The smallest absolute Gasteiger partial charge is 0.109 e. The summed E-state index contributed by atoms with van der Waals surface area (Å²) in [7, 11) is 2.03. The minimum atomic E-state index is 0.196. The van der Waals surface area contributed by atoms with E-state index in [1.807, 2.05) is 14.0 Å². The molecule has 0 aliphatic carbocycles. The van der Waals surface area contributed by atoms with Crippen molar-refractivity contribution in [3.05, 3.63) is 17.2 Å². The largest absolute Gasteiger partial charge is 0.396 e. The predicted molar refractivity (Wildman–Crippen MR) is 57.3 cm³/mol. The molecule has 80 valence electrons. The lowest BCUT2D eigenvalue weighted by molar-refractivity contribution is 0.296. The van der Waals surface area contributed by atoms with Crippen molar-refractivity contribution in [1.82, 2.24) is 9.55 Å². The maximum absolute atomic E-state index is 8.92. The number of aromatic nitrogens is 2. The number of aliphatic hydroxyl groups is 1. The summed E-state index contributed by atoms with van der Waals surface area (Å²) in [5.41, 5.74) is 2.21. The number of hydrogen-bond acceptors (Lipinski definition) is 2. The molecule has 1 aromatic heterocycles. The Hall–Kier alpha value is -0.830. The third-order valence-corrected chi connectivity index (χ3v) is 2.45. The van der Waals surface area contributed by atoms with Gasteiger partial charge < -0.3 is 9.67 Å². The molecule has 3 heteroatoms. The zero-order valence-corrected chi connectivity index (χ0v) is 9.54. The Morgan fingerprint density at radius 2 is 2.07 bits per heavy atom. The third-order valence-electron chi connectivity index (χ3n) is 2.45. The molecule has 0 saturated carbocycles. The molecule has 0 aliphatic heterocycles. The normalized spacial score (nSPS) is 11.3. The number of hydrogen-bond donors (Lipinski definition) is 1. The summed E-state index contributed by atoms with van der Waals surface area (Å²) in [6.45, 7) is 6.59. The van der Waals surface area contributed by atoms with Crippen LogP contribution in [-0.4, -0.2) is 21.3 Å². The van der Waals surface area contributed by atoms with Crippen molar-refractivity contribution >= 4 is 0 Å². The predicted octanol–water partition coefficient (Wildman–Crippen LogP) is 1.46. The first-order valence-electron chi connectivity index (χ1n) is 5.18. The minimum Gasteiger partial charge on any atom is -0.396 e. The Bertz CT molecular complexity index is 302. The van der Waals surface area contributed by atoms with Gasteiger partial charge in [0, 0.05) is 32.2 Å². The molecule has 1 N–H and O–H groups in total. The van der Waals surface area contributed by atoms with Crippen molar-refractivity contribution < 1.29 is 5.11 Å². The van der Waals surface area contributed by atoms with Crippen LogP contribution in [0, 0.1) is 12.8 Å². The molecule has 0 fully saturated rings. The van der Waals surface area contributed by atoms with Gasteiger partial charge in [-0.3, -0.25) is 0 Å². The van der Waals surface area contributed by atoms with Gasteiger partial charge in [-0.15, -0.1) is 0 Å². The second kappa shape index (κ2) is 4.60. The van der Waals surface area contributed by atoms with Crippen LogP contribution < -0.4 is 0 Å². The maximum atomic E-state index is 8.92.